The number of halogens is 1. The minimum Gasteiger partial charge on any atom is -0.490 e. The number of nitrogens with one attached hydrogen (secondary N) is 1. The van der Waals surface area contributed by atoms with Gasteiger partial charge in [-0.3, -0.25) is 0 Å². The second kappa shape index (κ2) is 7.60. The van der Waals surface area contributed by atoms with Crippen molar-refractivity contribution in [1.29, 1.82) is 0 Å². The molecule has 1 N–H and O–H groups in total. The van der Waals surface area contributed by atoms with Gasteiger partial charge in [0.25, 0.3) is 0 Å². The van der Waals surface area contributed by atoms with Crippen molar-refractivity contribution in [2.75, 3.05) is 13.2 Å². The fraction of sp³-hybridized carbons (Fsp3) is 0.625. The van der Waals surface area contributed by atoms with Crippen molar-refractivity contribution >= 4 is 0 Å². The van der Waals surface area contributed by atoms with Crippen LogP contribution in [0.1, 0.15) is 38.7 Å². The van der Waals surface area contributed by atoms with Crippen molar-refractivity contribution in [2.24, 2.45) is 0 Å². The number of ether oxygens (including phenoxy) is 2. The molecule has 1 aromatic carbocycles. The van der Waals surface area contributed by atoms with E-state index in [0.29, 0.717) is 24.9 Å². The van der Waals surface area contributed by atoms with E-state index in [4.69, 9.17) is 9.47 Å². The van der Waals surface area contributed by atoms with Gasteiger partial charge in [-0.15, -0.1) is 0 Å². The molecule has 1 aliphatic rings. The maximum atomic E-state index is 13.9. The number of benzene rings is 1. The standard InChI is InChI=1S/C16H24FNO2/c1-12(2)18-11-13-5-6-16(15(17)10-13)20-9-7-14-4-3-8-19-14/h5-6,10,12,14,18H,3-4,7-9,11H2,1-2H3. The van der Waals surface area contributed by atoms with Gasteiger partial charge in [0.05, 0.1) is 12.7 Å². The molecule has 1 aliphatic heterocycles. The maximum absolute atomic E-state index is 13.9. The second-order valence-electron chi connectivity index (χ2n) is 5.57. The monoisotopic (exact) mass is 281 g/mol. The van der Waals surface area contributed by atoms with Gasteiger partial charge in [0.15, 0.2) is 11.6 Å². The summed E-state index contributed by atoms with van der Waals surface area (Å²) < 4.78 is 24.9. The molecule has 1 saturated heterocycles. The number of hydrogen-bond donors (Lipinski definition) is 1. The summed E-state index contributed by atoms with van der Waals surface area (Å²) in [4.78, 5) is 0. The van der Waals surface area contributed by atoms with Crippen LogP contribution in [0.2, 0.25) is 0 Å². The molecule has 1 fully saturated rings. The predicted molar refractivity (Wildman–Crippen MR) is 77.5 cm³/mol. The number of hydrogen-bond acceptors (Lipinski definition) is 3. The van der Waals surface area contributed by atoms with E-state index in [0.717, 1.165) is 31.4 Å². The third kappa shape index (κ3) is 4.76. The molecule has 0 saturated carbocycles. The van der Waals surface area contributed by atoms with Crippen molar-refractivity contribution < 1.29 is 13.9 Å². The summed E-state index contributed by atoms with van der Waals surface area (Å²) in [6, 6.07) is 5.54. The lowest BCUT2D eigenvalue weighted by molar-refractivity contribution is 0.0897. The van der Waals surface area contributed by atoms with E-state index in [1.165, 1.54) is 6.07 Å². The highest BCUT2D eigenvalue weighted by atomic mass is 19.1. The molecule has 1 atom stereocenters. The highest BCUT2D eigenvalue weighted by molar-refractivity contribution is 5.29. The highest BCUT2D eigenvalue weighted by Crippen LogP contribution is 2.20. The fourth-order valence-corrected chi connectivity index (χ4v) is 2.27. The van der Waals surface area contributed by atoms with Crippen LogP contribution in [0, 0.1) is 5.82 Å². The van der Waals surface area contributed by atoms with Crippen LogP contribution in [0.15, 0.2) is 18.2 Å². The van der Waals surface area contributed by atoms with Crippen LogP contribution in [0.25, 0.3) is 0 Å². The third-order valence-corrected chi connectivity index (χ3v) is 3.43. The summed E-state index contributed by atoms with van der Waals surface area (Å²) in [5.74, 6) is 0.0386. The third-order valence-electron chi connectivity index (χ3n) is 3.43. The van der Waals surface area contributed by atoms with Crippen LogP contribution in [0.3, 0.4) is 0 Å². The van der Waals surface area contributed by atoms with Crippen LogP contribution in [-0.4, -0.2) is 25.4 Å². The molecule has 0 spiro atoms. The molecular formula is C16H24FNO2. The first-order valence-corrected chi connectivity index (χ1v) is 7.41. The molecule has 1 heterocycles. The molecule has 0 amide bonds. The van der Waals surface area contributed by atoms with Gasteiger partial charge in [-0.05, 0) is 30.5 Å². The van der Waals surface area contributed by atoms with Gasteiger partial charge < -0.3 is 14.8 Å². The van der Waals surface area contributed by atoms with Gasteiger partial charge in [-0.25, -0.2) is 4.39 Å². The minimum atomic E-state index is -0.291. The molecule has 0 radical (unpaired) electrons. The molecule has 0 aromatic heterocycles. The molecule has 20 heavy (non-hydrogen) atoms. The van der Waals surface area contributed by atoms with E-state index in [1.807, 2.05) is 6.07 Å². The number of rotatable bonds is 7. The zero-order chi connectivity index (χ0) is 14.4. The quantitative estimate of drug-likeness (QED) is 0.832. The first kappa shape index (κ1) is 15.3. The lowest BCUT2D eigenvalue weighted by Gasteiger charge is -2.12. The van der Waals surface area contributed by atoms with E-state index in [2.05, 4.69) is 19.2 Å². The fourth-order valence-electron chi connectivity index (χ4n) is 2.27. The first-order chi connectivity index (χ1) is 9.65. The van der Waals surface area contributed by atoms with Gasteiger partial charge in [0.2, 0.25) is 0 Å². The lowest BCUT2D eigenvalue weighted by atomic mass is 10.2. The van der Waals surface area contributed by atoms with Crippen LogP contribution < -0.4 is 10.1 Å². The van der Waals surface area contributed by atoms with Gasteiger partial charge in [-0.2, -0.15) is 0 Å². The van der Waals surface area contributed by atoms with Crippen molar-refractivity contribution in [2.45, 2.75) is 51.8 Å². The van der Waals surface area contributed by atoms with E-state index in [9.17, 15) is 4.39 Å². The maximum Gasteiger partial charge on any atom is 0.165 e. The Morgan fingerprint density at radius 1 is 1.45 bits per heavy atom. The first-order valence-electron chi connectivity index (χ1n) is 7.41. The molecular weight excluding hydrogens is 257 g/mol. The average Bonchev–Trinajstić information content (AvgIpc) is 2.92. The van der Waals surface area contributed by atoms with E-state index in [-0.39, 0.29) is 11.9 Å². The normalized spacial score (nSPS) is 18.7. The zero-order valence-electron chi connectivity index (χ0n) is 12.3. The SMILES string of the molecule is CC(C)NCc1ccc(OCCC2CCCO2)c(F)c1. The Morgan fingerprint density at radius 2 is 2.30 bits per heavy atom. The Balaban J connectivity index is 1.79. The Hall–Kier alpha value is -1.13. The molecule has 1 unspecified atom stereocenters. The largest absolute Gasteiger partial charge is 0.490 e. The molecule has 2 rings (SSSR count). The van der Waals surface area contributed by atoms with E-state index >= 15 is 0 Å². The van der Waals surface area contributed by atoms with Crippen molar-refractivity contribution in [3.63, 3.8) is 0 Å². The van der Waals surface area contributed by atoms with Crippen molar-refractivity contribution in [1.82, 2.24) is 5.32 Å². The summed E-state index contributed by atoms with van der Waals surface area (Å²) in [6.07, 6.45) is 3.32. The lowest BCUT2D eigenvalue weighted by Crippen LogP contribution is -2.21. The molecule has 0 bridgehead atoms. The Kier molecular flexibility index (Phi) is 5.80. The van der Waals surface area contributed by atoms with Gasteiger partial charge in [0, 0.05) is 25.6 Å². The summed E-state index contributed by atoms with van der Waals surface area (Å²) in [5, 5.41) is 3.26. The van der Waals surface area contributed by atoms with Gasteiger partial charge in [-0.1, -0.05) is 19.9 Å². The summed E-state index contributed by atoms with van der Waals surface area (Å²) in [7, 11) is 0. The van der Waals surface area contributed by atoms with Gasteiger partial charge >= 0.3 is 0 Å². The minimum absolute atomic E-state index is 0.285. The molecule has 1 aromatic rings. The zero-order valence-corrected chi connectivity index (χ0v) is 12.3. The van der Waals surface area contributed by atoms with Crippen LogP contribution in [-0.2, 0) is 11.3 Å². The second-order valence-corrected chi connectivity index (χ2v) is 5.57. The average molecular weight is 281 g/mol. The predicted octanol–water partition coefficient (Wildman–Crippen LogP) is 3.27. The summed E-state index contributed by atoms with van der Waals surface area (Å²) >= 11 is 0. The molecule has 112 valence electrons. The highest BCUT2D eigenvalue weighted by Gasteiger charge is 2.15. The Morgan fingerprint density at radius 3 is 2.95 bits per heavy atom. The topological polar surface area (TPSA) is 30.5 Å². The van der Waals surface area contributed by atoms with E-state index < -0.39 is 0 Å². The van der Waals surface area contributed by atoms with Crippen LogP contribution in [0.4, 0.5) is 4.39 Å². The van der Waals surface area contributed by atoms with Crippen molar-refractivity contribution in [3.8, 4) is 5.75 Å². The van der Waals surface area contributed by atoms with Crippen LogP contribution >= 0.6 is 0 Å². The molecule has 0 aliphatic carbocycles. The Labute approximate surface area is 120 Å². The van der Waals surface area contributed by atoms with E-state index in [1.54, 1.807) is 6.07 Å². The Bertz CT molecular complexity index is 417. The van der Waals surface area contributed by atoms with Gasteiger partial charge in [0.1, 0.15) is 0 Å². The smallest absolute Gasteiger partial charge is 0.165 e. The molecule has 3 nitrogen and oxygen atoms in total. The summed E-state index contributed by atoms with van der Waals surface area (Å²) in [6.45, 7) is 6.16. The van der Waals surface area contributed by atoms with Crippen molar-refractivity contribution in [3.05, 3.63) is 29.6 Å². The van der Waals surface area contributed by atoms with Crippen LogP contribution in [0.5, 0.6) is 5.75 Å². The summed E-state index contributed by atoms with van der Waals surface area (Å²) in [5.41, 5.74) is 0.933. The molecule has 4 heteroatoms.